The van der Waals surface area contributed by atoms with Gasteiger partial charge in [0.05, 0.1) is 0 Å². The maximum absolute atomic E-state index is 12.0. The lowest BCUT2D eigenvalue weighted by molar-refractivity contribution is -0.158. The number of carbonyl (C=O) groups is 2. The molecule has 0 bridgehead atoms. The van der Waals surface area contributed by atoms with Gasteiger partial charge >= 0.3 is 5.97 Å². The number of ether oxygens (including phenoxy) is 1. The van der Waals surface area contributed by atoms with Gasteiger partial charge in [-0.3, -0.25) is 4.79 Å². The summed E-state index contributed by atoms with van der Waals surface area (Å²) in [5, 5.41) is 2.75. The summed E-state index contributed by atoms with van der Waals surface area (Å²) in [6, 6.07) is -0.595. The first-order valence-corrected chi connectivity index (χ1v) is 7.24. The van der Waals surface area contributed by atoms with Crippen LogP contribution in [0.25, 0.3) is 0 Å². The fourth-order valence-electron chi connectivity index (χ4n) is 1.75. The molecule has 1 N–H and O–H groups in total. The van der Waals surface area contributed by atoms with Gasteiger partial charge in [-0.1, -0.05) is 26.7 Å². The molecule has 0 aromatic heterocycles. The van der Waals surface area contributed by atoms with Crippen LogP contribution in [-0.4, -0.2) is 23.5 Å². The van der Waals surface area contributed by atoms with Crippen LogP contribution in [-0.2, 0) is 14.3 Å². The molecule has 0 heterocycles. The fourth-order valence-corrected chi connectivity index (χ4v) is 1.75. The van der Waals surface area contributed by atoms with Gasteiger partial charge in [-0.15, -0.1) is 0 Å². The molecule has 0 saturated carbocycles. The molecule has 0 fully saturated rings. The molecule has 0 aromatic carbocycles. The Hall–Kier alpha value is -1.06. The minimum absolute atomic E-state index is 0.00941. The van der Waals surface area contributed by atoms with Crippen molar-refractivity contribution in [3.63, 3.8) is 0 Å². The Bertz CT molecular complexity index is 294. The van der Waals surface area contributed by atoms with Crippen LogP contribution < -0.4 is 5.32 Å². The number of hydrogen-bond donors (Lipinski definition) is 1. The SMILES string of the molecule is CCCCC(CC)C(=O)N[C@H](C)C(=O)OC(C)(C)C. The lowest BCUT2D eigenvalue weighted by Gasteiger charge is -2.24. The summed E-state index contributed by atoms with van der Waals surface area (Å²) in [6.45, 7) is 11.2. The van der Waals surface area contributed by atoms with Gasteiger partial charge in [-0.2, -0.15) is 0 Å². The van der Waals surface area contributed by atoms with E-state index in [9.17, 15) is 9.59 Å². The first-order chi connectivity index (χ1) is 8.71. The molecule has 19 heavy (non-hydrogen) atoms. The van der Waals surface area contributed by atoms with Crippen molar-refractivity contribution in [2.75, 3.05) is 0 Å². The van der Waals surface area contributed by atoms with E-state index in [1.54, 1.807) is 6.92 Å². The van der Waals surface area contributed by atoms with Gasteiger partial charge in [0.2, 0.25) is 5.91 Å². The normalized spacial score (nSPS) is 14.6. The molecule has 2 atom stereocenters. The molecule has 0 aliphatic carbocycles. The average Bonchev–Trinajstić information content (AvgIpc) is 2.27. The van der Waals surface area contributed by atoms with Crippen LogP contribution in [0, 0.1) is 5.92 Å². The molecular weight excluding hydrogens is 242 g/mol. The Morgan fingerprint density at radius 2 is 1.79 bits per heavy atom. The van der Waals surface area contributed by atoms with Crippen LogP contribution in [0.1, 0.15) is 67.2 Å². The van der Waals surface area contributed by atoms with Gasteiger partial charge in [0, 0.05) is 5.92 Å². The highest BCUT2D eigenvalue weighted by atomic mass is 16.6. The van der Waals surface area contributed by atoms with Crippen molar-refractivity contribution in [1.82, 2.24) is 5.32 Å². The molecule has 0 rings (SSSR count). The molecule has 0 saturated heterocycles. The lowest BCUT2D eigenvalue weighted by atomic mass is 9.98. The van der Waals surface area contributed by atoms with Crippen LogP contribution >= 0.6 is 0 Å². The second-order valence-corrected chi connectivity index (χ2v) is 6.01. The number of carbonyl (C=O) groups excluding carboxylic acids is 2. The van der Waals surface area contributed by atoms with Crippen LogP contribution in [0.5, 0.6) is 0 Å². The van der Waals surface area contributed by atoms with Gasteiger partial charge in [0.25, 0.3) is 0 Å². The molecule has 4 nitrogen and oxygen atoms in total. The van der Waals surface area contributed by atoms with Crippen molar-refractivity contribution in [2.24, 2.45) is 5.92 Å². The quantitative estimate of drug-likeness (QED) is 0.724. The molecule has 1 unspecified atom stereocenters. The fraction of sp³-hybridized carbons (Fsp3) is 0.867. The topological polar surface area (TPSA) is 55.4 Å². The number of rotatable bonds is 7. The third kappa shape index (κ3) is 7.85. The smallest absolute Gasteiger partial charge is 0.328 e. The summed E-state index contributed by atoms with van der Waals surface area (Å²) < 4.78 is 5.24. The first kappa shape index (κ1) is 17.9. The van der Waals surface area contributed by atoms with Crippen molar-refractivity contribution in [1.29, 1.82) is 0 Å². The van der Waals surface area contributed by atoms with Gasteiger partial charge in [-0.05, 0) is 40.5 Å². The molecule has 0 aliphatic heterocycles. The Morgan fingerprint density at radius 3 is 2.21 bits per heavy atom. The minimum Gasteiger partial charge on any atom is -0.458 e. The van der Waals surface area contributed by atoms with Crippen molar-refractivity contribution >= 4 is 11.9 Å². The number of hydrogen-bond acceptors (Lipinski definition) is 3. The highest BCUT2D eigenvalue weighted by Gasteiger charge is 2.25. The monoisotopic (exact) mass is 271 g/mol. The molecule has 112 valence electrons. The number of amides is 1. The zero-order valence-electron chi connectivity index (χ0n) is 13.2. The average molecular weight is 271 g/mol. The summed E-state index contributed by atoms with van der Waals surface area (Å²) in [4.78, 5) is 23.8. The Balaban J connectivity index is 4.33. The summed E-state index contributed by atoms with van der Waals surface area (Å²) in [7, 11) is 0. The Labute approximate surface area is 117 Å². The van der Waals surface area contributed by atoms with E-state index in [2.05, 4.69) is 12.2 Å². The molecule has 0 aliphatic rings. The van der Waals surface area contributed by atoms with Crippen molar-refractivity contribution in [3.8, 4) is 0 Å². The predicted molar refractivity (Wildman–Crippen MR) is 76.8 cm³/mol. The standard InChI is InChI=1S/C15H29NO3/c1-7-9-10-12(8-2)13(17)16-11(3)14(18)19-15(4,5)6/h11-12H,7-10H2,1-6H3,(H,16,17)/t11-,12?/m1/s1. The van der Waals surface area contributed by atoms with E-state index in [0.717, 1.165) is 25.7 Å². The van der Waals surface area contributed by atoms with Crippen LogP contribution in [0.3, 0.4) is 0 Å². The summed E-state index contributed by atoms with van der Waals surface area (Å²) in [6.07, 6.45) is 3.78. The second-order valence-electron chi connectivity index (χ2n) is 6.01. The van der Waals surface area contributed by atoms with Crippen LogP contribution in [0.4, 0.5) is 0 Å². The number of nitrogens with one attached hydrogen (secondary N) is 1. The van der Waals surface area contributed by atoms with Gasteiger partial charge in [0.1, 0.15) is 11.6 Å². The highest BCUT2D eigenvalue weighted by Crippen LogP contribution is 2.13. The van der Waals surface area contributed by atoms with E-state index >= 15 is 0 Å². The highest BCUT2D eigenvalue weighted by molar-refractivity contribution is 5.85. The number of unbranched alkanes of at least 4 members (excludes halogenated alkanes) is 1. The first-order valence-electron chi connectivity index (χ1n) is 7.24. The maximum Gasteiger partial charge on any atom is 0.328 e. The molecule has 4 heteroatoms. The third-order valence-corrected chi connectivity index (χ3v) is 2.89. The van der Waals surface area contributed by atoms with E-state index in [1.165, 1.54) is 0 Å². The largest absolute Gasteiger partial charge is 0.458 e. The Morgan fingerprint density at radius 1 is 1.21 bits per heavy atom. The maximum atomic E-state index is 12.0. The van der Waals surface area contributed by atoms with E-state index in [0.29, 0.717) is 0 Å². The second kappa shape index (κ2) is 8.18. The van der Waals surface area contributed by atoms with Gasteiger partial charge in [0.15, 0.2) is 0 Å². The molecular formula is C15H29NO3. The van der Waals surface area contributed by atoms with Crippen molar-refractivity contribution < 1.29 is 14.3 Å². The zero-order chi connectivity index (χ0) is 15.1. The number of esters is 1. The lowest BCUT2D eigenvalue weighted by Crippen LogP contribution is -2.44. The summed E-state index contributed by atoms with van der Waals surface area (Å²) in [5.41, 5.74) is -0.525. The molecule has 1 amide bonds. The molecule has 0 radical (unpaired) electrons. The zero-order valence-corrected chi connectivity index (χ0v) is 13.2. The van der Waals surface area contributed by atoms with Crippen molar-refractivity contribution in [3.05, 3.63) is 0 Å². The van der Waals surface area contributed by atoms with Gasteiger partial charge < -0.3 is 10.1 Å². The Kier molecular flexibility index (Phi) is 7.72. The van der Waals surface area contributed by atoms with E-state index in [-0.39, 0.29) is 17.8 Å². The van der Waals surface area contributed by atoms with E-state index in [1.807, 2.05) is 27.7 Å². The molecule has 0 aromatic rings. The third-order valence-electron chi connectivity index (χ3n) is 2.89. The van der Waals surface area contributed by atoms with Crippen LogP contribution in [0.15, 0.2) is 0 Å². The summed E-state index contributed by atoms with van der Waals surface area (Å²) >= 11 is 0. The minimum atomic E-state index is -0.595. The van der Waals surface area contributed by atoms with E-state index in [4.69, 9.17) is 4.74 Å². The predicted octanol–water partition coefficient (Wildman–Crippen LogP) is 3.05. The van der Waals surface area contributed by atoms with Crippen molar-refractivity contribution in [2.45, 2.75) is 78.9 Å². The van der Waals surface area contributed by atoms with E-state index < -0.39 is 11.6 Å². The van der Waals surface area contributed by atoms with Gasteiger partial charge in [-0.25, -0.2) is 4.79 Å². The summed E-state index contributed by atoms with van der Waals surface area (Å²) in [5.74, 6) is -0.439. The van der Waals surface area contributed by atoms with Crippen LogP contribution in [0.2, 0.25) is 0 Å². The molecule has 0 spiro atoms.